The summed E-state index contributed by atoms with van der Waals surface area (Å²) in [7, 11) is 1.98. The number of nitrogen functional groups attached to an aromatic ring is 1. The standard InChI is InChI=1S/C18H22N8O/c1-24-16(11-25-8-6-20-12-25)22-23-17(24)14-3-2-7-26(10-14)18(27)13-4-5-15(19)21-9-13/h4-6,8-9,12,14H,2-3,7,10-11H2,1H3,(H2,19,21). The Morgan fingerprint density at radius 1 is 1.33 bits per heavy atom. The first-order valence-electron chi connectivity index (χ1n) is 8.96. The first-order chi connectivity index (χ1) is 13.1. The van der Waals surface area contributed by atoms with Crippen molar-refractivity contribution in [3.63, 3.8) is 0 Å². The van der Waals surface area contributed by atoms with Crippen LogP contribution >= 0.6 is 0 Å². The fraction of sp³-hybridized carbons (Fsp3) is 0.389. The molecule has 3 aromatic heterocycles. The minimum atomic E-state index is -0.0204. The lowest BCUT2D eigenvalue weighted by Gasteiger charge is -2.32. The number of likely N-dealkylation sites (tertiary alicyclic amines) is 1. The number of imidazole rings is 1. The molecule has 9 heteroatoms. The average Bonchev–Trinajstić information content (AvgIpc) is 3.33. The van der Waals surface area contributed by atoms with Gasteiger partial charge in [-0.05, 0) is 25.0 Å². The van der Waals surface area contributed by atoms with Gasteiger partial charge in [0.1, 0.15) is 11.6 Å². The molecule has 0 saturated carbocycles. The highest BCUT2D eigenvalue weighted by atomic mass is 16.2. The molecule has 1 aliphatic rings. The monoisotopic (exact) mass is 366 g/mol. The van der Waals surface area contributed by atoms with Crippen molar-refractivity contribution in [1.29, 1.82) is 0 Å². The van der Waals surface area contributed by atoms with Crippen LogP contribution < -0.4 is 5.73 Å². The predicted molar refractivity (Wildman–Crippen MR) is 98.9 cm³/mol. The summed E-state index contributed by atoms with van der Waals surface area (Å²) in [4.78, 5) is 22.7. The second kappa shape index (κ2) is 7.18. The van der Waals surface area contributed by atoms with Crippen LogP contribution in [0.25, 0.3) is 0 Å². The number of carbonyl (C=O) groups is 1. The van der Waals surface area contributed by atoms with Crippen molar-refractivity contribution in [2.24, 2.45) is 7.05 Å². The molecule has 4 rings (SSSR count). The van der Waals surface area contributed by atoms with Gasteiger partial charge < -0.3 is 19.8 Å². The molecule has 0 radical (unpaired) electrons. The van der Waals surface area contributed by atoms with E-state index in [4.69, 9.17) is 5.73 Å². The molecular weight excluding hydrogens is 344 g/mol. The molecule has 27 heavy (non-hydrogen) atoms. The summed E-state index contributed by atoms with van der Waals surface area (Å²) < 4.78 is 3.99. The molecule has 0 aromatic carbocycles. The molecular formula is C18H22N8O. The van der Waals surface area contributed by atoms with Crippen LogP contribution in [-0.4, -0.2) is 53.2 Å². The van der Waals surface area contributed by atoms with Crippen molar-refractivity contribution < 1.29 is 4.79 Å². The topological polar surface area (TPSA) is 108 Å². The Bertz CT molecular complexity index is 916. The van der Waals surface area contributed by atoms with Gasteiger partial charge in [0.25, 0.3) is 5.91 Å². The van der Waals surface area contributed by atoms with E-state index in [1.165, 1.54) is 6.20 Å². The van der Waals surface area contributed by atoms with Gasteiger partial charge in [-0.1, -0.05) is 0 Å². The Balaban J connectivity index is 1.49. The van der Waals surface area contributed by atoms with Crippen LogP contribution in [0.15, 0.2) is 37.1 Å². The summed E-state index contributed by atoms with van der Waals surface area (Å²) in [6, 6.07) is 3.37. The highest BCUT2D eigenvalue weighted by molar-refractivity contribution is 5.94. The number of amides is 1. The van der Waals surface area contributed by atoms with E-state index in [1.807, 2.05) is 27.3 Å². The first-order valence-corrected chi connectivity index (χ1v) is 8.96. The number of anilines is 1. The van der Waals surface area contributed by atoms with Crippen molar-refractivity contribution in [2.45, 2.75) is 25.3 Å². The highest BCUT2D eigenvalue weighted by Crippen LogP contribution is 2.27. The lowest BCUT2D eigenvalue weighted by atomic mass is 9.96. The molecule has 4 heterocycles. The number of aromatic nitrogens is 6. The summed E-state index contributed by atoms with van der Waals surface area (Å²) in [5.74, 6) is 2.34. The lowest BCUT2D eigenvalue weighted by molar-refractivity contribution is 0.0703. The van der Waals surface area contributed by atoms with E-state index < -0.39 is 0 Å². The number of piperidine rings is 1. The molecule has 1 unspecified atom stereocenters. The van der Waals surface area contributed by atoms with Gasteiger partial charge in [-0.3, -0.25) is 4.79 Å². The van der Waals surface area contributed by atoms with Gasteiger partial charge in [0.15, 0.2) is 5.82 Å². The molecule has 1 fully saturated rings. The van der Waals surface area contributed by atoms with Gasteiger partial charge in [0.2, 0.25) is 0 Å². The third kappa shape index (κ3) is 3.53. The Morgan fingerprint density at radius 3 is 2.96 bits per heavy atom. The van der Waals surface area contributed by atoms with Crippen LogP contribution in [-0.2, 0) is 13.6 Å². The summed E-state index contributed by atoms with van der Waals surface area (Å²) in [5.41, 5.74) is 6.17. The number of hydrogen-bond donors (Lipinski definition) is 1. The molecule has 0 spiro atoms. The number of rotatable bonds is 4. The van der Waals surface area contributed by atoms with Gasteiger partial charge in [-0.2, -0.15) is 0 Å². The summed E-state index contributed by atoms with van der Waals surface area (Å²) >= 11 is 0. The molecule has 1 saturated heterocycles. The molecule has 0 aliphatic carbocycles. The SMILES string of the molecule is Cn1c(Cn2ccnc2)nnc1C1CCCN(C(=O)c2ccc(N)nc2)C1. The van der Waals surface area contributed by atoms with Gasteiger partial charge in [-0.15, -0.1) is 10.2 Å². The third-order valence-corrected chi connectivity index (χ3v) is 4.99. The molecule has 3 aromatic rings. The maximum atomic E-state index is 12.8. The zero-order valence-electron chi connectivity index (χ0n) is 15.2. The van der Waals surface area contributed by atoms with Gasteiger partial charge in [0, 0.05) is 44.6 Å². The molecule has 1 amide bonds. The largest absolute Gasteiger partial charge is 0.384 e. The van der Waals surface area contributed by atoms with E-state index in [0.29, 0.717) is 24.5 Å². The molecule has 2 N–H and O–H groups in total. The molecule has 140 valence electrons. The number of nitrogens with two attached hydrogens (primary N) is 1. The number of nitrogens with zero attached hydrogens (tertiary/aromatic N) is 7. The van der Waals surface area contributed by atoms with E-state index in [-0.39, 0.29) is 11.8 Å². The van der Waals surface area contributed by atoms with Crippen LogP contribution in [0, 0.1) is 0 Å². The quantitative estimate of drug-likeness (QED) is 0.740. The Morgan fingerprint density at radius 2 is 2.22 bits per heavy atom. The zero-order chi connectivity index (χ0) is 18.8. The number of hydrogen-bond acceptors (Lipinski definition) is 6. The second-order valence-corrected chi connectivity index (χ2v) is 6.83. The Hall–Kier alpha value is -3.23. The fourth-order valence-electron chi connectivity index (χ4n) is 3.50. The highest BCUT2D eigenvalue weighted by Gasteiger charge is 2.29. The second-order valence-electron chi connectivity index (χ2n) is 6.83. The van der Waals surface area contributed by atoms with E-state index in [1.54, 1.807) is 24.7 Å². The minimum Gasteiger partial charge on any atom is -0.384 e. The van der Waals surface area contributed by atoms with Crippen LogP contribution in [0.4, 0.5) is 5.82 Å². The first kappa shape index (κ1) is 17.2. The molecule has 0 bridgehead atoms. The van der Waals surface area contributed by atoms with E-state index >= 15 is 0 Å². The average molecular weight is 366 g/mol. The number of pyridine rings is 1. The fourth-order valence-corrected chi connectivity index (χ4v) is 3.50. The van der Waals surface area contributed by atoms with Crippen molar-refractivity contribution in [3.05, 3.63) is 54.3 Å². The molecule has 9 nitrogen and oxygen atoms in total. The maximum absolute atomic E-state index is 12.8. The maximum Gasteiger partial charge on any atom is 0.255 e. The zero-order valence-corrected chi connectivity index (χ0v) is 15.2. The van der Waals surface area contributed by atoms with Gasteiger partial charge in [-0.25, -0.2) is 9.97 Å². The molecule has 1 atom stereocenters. The van der Waals surface area contributed by atoms with Crippen LogP contribution in [0.5, 0.6) is 0 Å². The Labute approximate surface area is 156 Å². The lowest BCUT2D eigenvalue weighted by Crippen LogP contribution is -2.39. The summed E-state index contributed by atoms with van der Waals surface area (Å²) in [5, 5.41) is 8.75. The van der Waals surface area contributed by atoms with Crippen molar-refractivity contribution in [2.75, 3.05) is 18.8 Å². The Kier molecular flexibility index (Phi) is 4.57. The molecule has 1 aliphatic heterocycles. The number of carbonyl (C=O) groups excluding carboxylic acids is 1. The van der Waals surface area contributed by atoms with Gasteiger partial charge in [0.05, 0.1) is 18.4 Å². The predicted octanol–water partition coefficient (Wildman–Crippen LogP) is 1.06. The smallest absolute Gasteiger partial charge is 0.255 e. The van der Waals surface area contributed by atoms with E-state index in [9.17, 15) is 4.79 Å². The third-order valence-electron chi connectivity index (χ3n) is 4.99. The van der Waals surface area contributed by atoms with Crippen molar-refractivity contribution >= 4 is 11.7 Å². The normalized spacial score (nSPS) is 17.2. The minimum absolute atomic E-state index is 0.0204. The van der Waals surface area contributed by atoms with E-state index in [0.717, 1.165) is 31.0 Å². The van der Waals surface area contributed by atoms with Crippen molar-refractivity contribution in [1.82, 2.24) is 34.2 Å². The van der Waals surface area contributed by atoms with E-state index in [2.05, 4.69) is 20.2 Å². The summed E-state index contributed by atoms with van der Waals surface area (Å²) in [6.45, 7) is 1.98. The summed E-state index contributed by atoms with van der Waals surface area (Å²) in [6.07, 6.45) is 8.86. The van der Waals surface area contributed by atoms with Crippen LogP contribution in [0.1, 0.15) is 40.8 Å². The van der Waals surface area contributed by atoms with Crippen LogP contribution in [0.3, 0.4) is 0 Å². The van der Waals surface area contributed by atoms with Crippen LogP contribution in [0.2, 0.25) is 0 Å². The van der Waals surface area contributed by atoms with Crippen molar-refractivity contribution in [3.8, 4) is 0 Å². The van der Waals surface area contributed by atoms with Gasteiger partial charge >= 0.3 is 0 Å².